The Bertz CT molecular complexity index is 776. The summed E-state index contributed by atoms with van der Waals surface area (Å²) < 4.78 is 6.27. The molecule has 3 rings (SSSR count). The fraction of sp³-hybridized carbons (Fsp3) is 0.333. The summed E-state index contributed by atoms with van der Waals surface area (Å²) in [5.41, 5.74) is 2.22. The average molecular weight is 456 g/mol. The number of alkyl halides is 1. The number of aliphatic hydroxyl groups excluding tert-OH is 1. The van der Waals surface area contributed by atoms with Crippen LogP contribution in [0, 0.1) is 5.41 Å². The van der Waals surface area contributed by atoms with E-state index in [1.54, 1.807) is 0 Å². The van der Waals surface area contributed by atoms with Gasteiger partial charge in [0.25, 0.3) is 0 Å². The van der Waals surface area contributed by atoms with E-state index in [0.717, 1.165) is 16.7 Å². The molecule has 138 valence electrons. The van der Waals surface area contributed by atoms with Crippen molar-refractivity contribution in [2.75, 3.05) is 18.5 Å². The second-order valence-electron chi connectivity index (χ2n) is 7.05. The van der Waals surface area contributed by atoms with Gasteiger partial charge in [-0.05, 0) is 53.8 Å². The van der Waals surface area contributed by atoms with Crippen LogP contribution in [0.1, 0.15) is 24.0 Å². The van der Waals surface area contributed by atoms with Gasteiger partial charge in [0.15, 0.2) is 0 Å². The van der Waals surface area contributed by atoms with Crippen molar-refractivity contribution in [3.8, 4) is 0 Å². The first-order chi connectivity index (χ1) is 12.4. The number of benzene rings is 2. The summed E-state index contributed by atoms with van der Waals surface area (Å²) in [4.78, 5) is 0. The highest BCUT2D eigenvalue weighted by Crippen LogP contribution is 2.50. The summed E-state index contributed by atoms with van der Waals surface area (Å²) in [7, 11) is 0. The van der Waals surface area contributed by atoms with E-state index in [-0.39, 0.29) is 12.0 Å². The van der Waals surface area contributed by atoms with Crippen LogP contribution in [0.5, 0.6) is 0 Å². The Hall–Kier alpha value is -0.840. The second kappa shape index (κ2) is 8.04. The minimum absolute atomic E-state index is 0.0436. The van der Waals surface area contributed by atoms with Crippen LogP contribution < -0.4 is 0 Å². The van der Waals surface area contributed by atoms with Gasteiger partial charge in [-0.1, -0.05) is 70.0 Å². The van der Waals surface area contributed by atoms with Gasteiger partial charge in [-0.3, -0.25) is 0 Å². The lowest BCUT2D eigenvalue weighted by atomic mass is 9.74. The zero-order chi connectivity index (χ0) is 18.8. The summed E-state index contributed by atoms with van der Waals surface area (Å²) in [5.74, 6) is 0. The highest BCUT2D eigenvalue weighted by atomic mass is 79.9. The normalized spacial score (nSPS) is 25.4. The number of halogens is 3. The molecular formula is C21H21BrCl2O2. The Morgan fingerprint density at radius 3 is 2.19 bits per heavy atom. The van der Waals surface area contributed by atoms with Gasteiger partial charge in [-0.2, -0.15) is 0 Å². The van der Waals surface area contributed by atoms with Crippen molar-refractivity contribution in [2.24, 2.45) is 5.41 Å². The highest BCUT2D eigenvalue weighted by Gasteiger charge is 2.49. The largest absolute Gasteiger partial charge is 0.396 e. The second-order valence-corrected chi connectivity index (χ2v) is 8.48. The van der Waals surface area contributed by atoms with Gasteiger partial charge in [-0.15, -0.1) is 0 Å². The van der Waals surface area contributed by atoms with Crippen molar-refractivity contribution in [3.63, 3.8) is 0 Å². The molecule has 1 N–H and O–H groups in total. The first-order valence-electron chi connectivity index (χ1n) is 8.43. The Labute approximate surface area is 172 Å². The number of hydrogen-bond acceptors (Lipinski definition) is 2. The number of hydrogen-bond donors (Lipinski definition) is 1. The van der Waals surface area contributed by atoms with Crippen molar-refractivity contribution >= 4 is 44.7 Å². The van der Waals surface area contributed by atoms with E-state index in [1.807, 2.05) is 48.5 Å². The zero-order valence-electron chi connectivity index (χ0n) is 14.4. The molecule has 0 aliphatic carbocycles. The van der Waals surface area contributed by atoms with Crippen LogP contribution >= 0.6 is 39.1 Å². The molecule has 0 saturated carbocycles. The number of rotatable bonds is 6. The van der Waals surface area contributed by atoms with Crippen molar-refractivity contribution in [1.82, 2.24) is 0 Å². The smallest absolute Gasteiger partial charge is 0.103 e. The van der Waals surface area contributed by atoms with Crippen LogP contribution in [0.2, 0.25) is 10.0 Å². The molecule has 26 heavy (non-hydrogen) atoms. The van der Waals surface area contributed by atoms with E-state index in [1.165, 1.54) is 0 Å². The van der Waals surface area contributed by atoms with Crippen molar-refractivity contribution in [2.45, 2.75) is 18.4 Å². The molecule has 2 aromatic carbocycles. The first kappa shape index (κ1) is 19.9. The van der Waals surface area contributed by atoms with Crippen LogP contribution in [0.4, 0.5) is 0 Å². The van der Waals surface area contributed by atoms with Gasteiger partial charge < -0.3 is 9.84 Å². The quantitative estimate of drug-likeness (QED) is 0.534. The lowest BCUT2D eigenvalue weighted by Gasteiger charge is -2.30. The van der Waals surface area contributed by atoms with Crippen LogP contribution in [0.3, 0.4) is 0 Å². The summed E-state index contributed by atoms with van der Waals surface area (Å²) in [6.07, 6.45) is 1.36. The molecule has 1 aliphatic heterocycles. The third-order valence-electron chi connectivity index (χ3n) is 5.08. The minimum atomic E-state index is -0.479. The van der Waals surface area contributed by atoms with Gasteiger partial charge in [0.1, 0.15) is 5.60 Å². The molecule has 1 aliphatic rings. The summed E-state index contributed by atoms with van der Waals surface area (Å²) in [5, 5.41) is 12.2. The van der Waals surface area contributed by atoms with Crippen molar-refractivity contribution < 1.29 is 9.84 Å². The lowest BCUT2D eigenvalue weighted by Crippen LogP contribution is -2.31. The van der Waals surface area contributed by atoms with Gasteiger partial charge in [0.2, 0.25) is 0 Å². The van der Waals surface area contributed by atoms with E-state index in [2.05, 4.69) is 22.5 Å². The lowest BCUT2D eigenvalue weighted by molar-refractivity contribution is 0.0147. The van der Waals surface area contributed by atoms with Gasteiger partial charge in [0, 0.05) is 20.8 Å². The number of aliphatic hydroxyl groups is 1. The van der Waals surface area contributed by atoms with Crippen LogP contribution in [-0.2, 0) is 10.3 Å². The third kappa shape index (κ3) is 4.02. The van der Waals surface area contributed by atoms with Gasteiger partial charge >= 0.3 is 0 Å². The third-order valence-corrected chi connectivity index (χ3v) is 6.49. The minimum Gasteiger partial charge on any atom is -0.396 e. The topological polar surface area (TPSA) is 29.5 Å². The summed E-state index contributed by atoms with van der Waals surface area (Å²) >= 11 is 15.6. The molecule has 0 amide bonds. The molecule has 1 saturated heterocycles. The maximum Gasteiger partial charge on any atom is 0.103 e. The first-order valence-corrected chi connectivity index (χ1v) is 10.3. The highest BCUT2D eigenvalue weighted by molar-refractivity contribution is 9.09. The Kier molecular flexibility index (Phi) is 6.15. The van der Waals surface area contributed by atoms with E-state index in [0.29, 0.717) is 34.8 Å². The predicted molar refractivity (Wildman–Crippen MR) is 112 cm³/mol. The Balaban J connectivity index is 1.83. The molecule has 0 bridgehead atoms. The molecule has 1 heterocycles. The molecule has 2 nitrogen and oxygen atoms in total. The van der Waals surface area contributed by atoms with Gasteiger partial charge in [-0.25, -0.2) is 0 Å². The van der Waals surface area contributed by atoms with Crippen LogP contribution in [-0.4, -0.2) is 23.7 Å². The van der Waals surface area contributed by atoms with E-state index >= 15 is 0 Å². The van der Waals surface area contributed by atoms with Gasteiger partial charge in [0.05, 0.1) is 13.2 Å². The molecule has 2 atom stereocenters. The number of ether oxygens (including phenoxy) is 1. The SMILES string of the molecule is C=C(C[C@@]1(CO)CO[C@@](CBr)(c2ccc(Cl)cc2)C1)c1ccc(Cl)cc1. The molecule has 5 heteroatoms. The molecule has 0 unspecified atom stereocenters. The fourth-order valence-corrected chi connectivity index (χ4v) is 4.55. The molecule has 1 fully saturated rings. The standard InChI is InChI=1S/C21H21BrCl2O2/c1-15(16-2-6-18(23)7-3-16)10-20(13-25)11-21(12-22,26-14-20)17-4-8-19(24)9-5-17/h2-9,25H,1,10-14H2/t20-,21+/m1/s1. The van der Waals surface area contributed by atoms with E-state index in [4.69, 9.17) is 27.9 Å². The molecule has 0 aromatic heterocycles. The van der Waals surface area contributed by atoms with E-state index in [9.17, 15) is 5.11 Å². The predicted octanol–water partition coefficient (Wildman–Crippen LogP) is 6.09. The monoisotopic (exact) mass is 454 g/mol. The Morgan fingerprint density at radius 1 is 1.08 bits per heavy atom. The maximum absolute atomic E-state index is 10.2. The Morgan fingerprint density at radius 2 is 1.65 bits per heavy atom. The molecule has 0 radical (unpaired) electrons. The van der Waals surface area contributed by atoms with Crippen LogP contribution in [0.25, 0.3) is 5.57 Å². The molecule has 2 aromatic rings. The summed E-state index contributed by atoms with van der Waals surface area (Å²) in [6.45, 7) is 4.75. The zero-order valence-corrected chi connectivity index (χ0v) is 17.4. The van der Waals surface area contributed by atoms with E-state index < -0.39 is 5.60 Å². The van der Waals surface area contributed by atoms with Crippen LogP contribution in [0.15, 0.2) is 55.1 Å². The summed E-state index contributed by atoms with van der Waals surface area (Å²) in [6, 6.07) is 15.4. The fourth-order valence-electron chi connectivity index (χ4n) is 3.61. The number of allylic oxidation sites excluding steroid dienone is 1. The maximum atomic E-state index is 10.2. The average Bonchev–Trinajstić information content (AvgIpc) is 3.03. The molecule has 0 spiro atoms. The van der Waals surface area contributed by atoms with Crippen molar-refractivity contribution in [1.29, 1.82) is 0 Å². The van der Waals surface area contributed by atoms with Crippen molar-refractivity contribution in [3.05, 3.63) is 76.3 Å². The molecular weight excluding hydrogens is 435 g/mol.